The summed E-state index contributed by atoms with van der Waals surface area (Å²) >= 11 is 0. The number of nitrogens with one attached hydrogen (secondary N) is 1. The molecule has 0 amide bonds. The normalized spacial score (nSPS) is 16.1. The van der Waals surface area contributed by atoms with Crippen LogP contribution in [0.5, 0.6) is 11.5 Å². The second-order valence-corrected chi connectivity index (χ2v) is 9.17. The minimum atomic E-state index is -3.28. The number of rotatable bonds is 7. The summed E-state index contributed by atoms with van der Waals surface area (Å²) in [7, 11) is -0.00174. The molecule has 28 heavy (non-hydrogen) atoms. The second-order valence-electron chi connectivity index (χ2n) is 7.20. The van der Waals surface area contributed by atoms with Crippen LogP contribution in [0.1, 0.15) is 16.7 Å². The summed E-state index contributed by atoms with van der Waals surface area (Å²) in [6.45, 7) is 5.60. The summed E-state index contributed by atoms with van der Waals surface area (Å²) < 4.78 is 37.8. The van der Waals surface area contributed by atoms with Crippen LogP contribution < -0.4 is 14.4 Å². The zero-order valence-corrected chi connectivity index (χ0v) is 17.6. The topological polar surface area (TPSA) is 60.3 Å². The monoisotopic (exact) mass is 405 g/mol. The summed E-state index contributed by atoms with van der Waals surface area (Å²) in [6.07, 6.45) is 0. The maximum absolute atomic E-state index is 12.7. The van der Waals surface area contributed by atoms with Gasteiger partial charge in [-0.15, -0.1) is 0 Å². The first-order chi connectivity index (χ1) is 13.4. The van der Waals surface area contributed by atoms with Crippen LogP contribution in [0.25, 0.3) is 0 Å². The van der Waals surface area contributed by atoms with Gasteiger partial charge in [-0.3, -0.25) is 0 Å². The molecule has 0 aromatic heterocycles. The Morgan fingerprint density at radius 3 is 2.21 bits per heavy atom. The molecule has 0 atom stereocenters. The number of ether oxygens (including phenoxy) is 2. The molecular formula is C21H29N2O4S+. The second kappa shape index (κ2) is 8.94. The first-order valence-electron chi connectivity index (χ1n) is 9.49. The molecule has 1 N–H and O–H groups in total. The highest BCUT2D eigenvalue weighted by Crippen LogP contribution is 2.29. The van der Waals surface area contributed by atoms with E-state index in [1.54, 1.807) is 18.5 Å². The predicted octanol–water partition coefficient (Wildman–Crippen LogP) is 1.24. The lowest BCUT2D eigenvalue weighted by Gasteiger charge is -2.32. The summed E-state index contributed by atoms with van der Waals surface area (Å²) in [6, 6.07) is 13.4. The first-order valence-corrected chi connectivity index (χ1v) is 11.1. The third kappa shape index (κ3) is 4.84. The predicted molar refractivity (Wildman–Crippen MR) is 109 cm³/mol. The minimum absolute atomic E-state index is 0.0674. The number of hydrogen-bond donors (Lipinski definition) is 1. The Kier molecular flexibility index (Phi) is 6.59. The average Bonchev–Trinajstić information content (AvgIpc) is 2.70. The number of piperazine rings is 1. The number of nitrogens with zero attached hydrogens (tertiary/aromatic N) is 1. The van der Waals surface area contributed by atoms with E-state index in [0.29, 0.717) is 13.1 Å². The number of aryl methyl sites for hydroxylation is 1. The lowest BCUT2D eigenvalue weighted by Crippen LogP contribution is -3.13. The molecule has 1 aliphatic heterocycles. The van der Waals surface area contributed by atoms with Crippen LogP contribution in [0.15, 0.2) is 42.5 Å². The quantitative estimate of drug-likeness (QED) is 0.753. The lowest BCUT2D eigenvalue weighted by atomic mass is 10.1. The molecule has 2 aromatic rings. The van der Waals surface area contributed by atoms with Crippen LogP contribution in [0.3, 0.4) is 0 Å². The number of methoxy groups -OCH3 is 2. The molecule has 152 valence electrons. The highest BCUT2D eigenvalue weighted by Gasteiger charge is 2.29. The third-order valence-electron chi connectivity index (χ3n) is 5.30. The fourth-order valence-corrected chi connectivity index (χ4v) is 5.15. The Morgan fingerprint density at radius 1 is 1.00 bits per heavy atom. The molecule has 7 heteroatoms. The highest BCUT2D eigenvalue weighted by atomic mass is 32.2. The van der Waals surface area contributed by atoms with Gasteiger partial charge in [-0.25, -0.2) is 8.42 Å². The Labute approximate surface area is 167 Å². The van der Waals surface area contributed by atoms with Gasteiger partial charge < -0.3 is 14.4 Å². The number of quaternary nitrogens is 1. The molecule has 0 unspecified atom stereocenters. The van der Waals surface area contributed by atoms with Crippen molar-refractivity contribution in [3.8, 4) is 11.5 Å². The van der Waals surface area contributed by atoms with Crippen molar-refractivity contribution in [2.75, 3.05) is 40.4 Å². The third-order valence-corrected chi connectivity index (χ3v) is 7.15. The van der Waals surface area contributed by atoms with E-state index in [2.05, 4.69) is 6.92 Å². The van der Waals surface area contributed by atoms with Gasteiger partial charge >= 0.3 is 0 Å². The molecule has 2 aromatic carbocycles. The van der Waals surface area contributed by atoms with E-state index in [1.165, 1.54) is 10.5 Å². The molecule has 0 saturated carbocycles. The van der Waals surface area contributed by atoms with E-state index in [0.717, 1.165) is 42.3 Å². The smallest absolute Gasteiger partial charge is 0.218 e. The number of hydrogen-bond acceptors (Lipinski definition) is 4. The molecule has 1 saturated heterocycles. The van der Waals surface area contributed by atoms with Gasteiger partial charge in [-0.2, -0.15) is 4.31 Å². The SMILES string of the molecule is COc1cc(C)c(C[NH+]2CCN(S(=O)(=O)Cc3ccccc3)CC2)cc1OC. The first kappa shape index (κ1) is 20.6. The molecule has 0 aliphatic carbocycles. The van der Waals surface area contributed by atoms with E-state index in [4.69, 9.17) is 9.47 Å². The summed E-state index contributed by atoms with van der Waals surface area (Å²) in [4.78, 5) is 1.38. The van der Waals surface area contributed by atoms with Crippen LogP contribution in [-0.2, 0) is 22.3 Å². The molecule has 0 radical (unpaired) electrons. The van der Waals surface area contributed by atoms with Gasteiger partial charge in [-0.1, -0.05) is 30.3 Å². The van der Waals surface area contributed by atoms with E-state index < -0.39 is 10.0 Å². The molecule has 0 spiro atoms. The largest absolute Gasteiger partial charge is 0.493 e. The van der Waals surface area contributed by atoms with Crippen LogP contribution in [-0.4, -0.2) is 53.1 Å². The zero-order chi connectivity index (χ0) is 20.1. The molecular weight excluding hydrogens is 376 g/mol. The lowest BCUT2D eigenvalue weighted by molar-refractivity contribution is -0.917. The van der Waals surface area contributed by atoms with Crippen LogP contribution >= 0.6 is 0 Å². The molecule has 3 rings (SSSR count). The van der Waals surface area contributed by atoms with Crippen molar-refractivity contribution in [3.63, 3.8) is 0 Å². The highest BCUT2D eigenvalue weighted by molar-refractivity contribution is 7.88. The van der Waals surface area contributed by atoms with Crippen molar-refractivity contribution in [3.05, 3.63) is 59.2 Å². The Balaban J connectivity index is 1.61. The van der Waals surface area contributed by atoms with Gasteiger partial charge in [0.1, 0.15) is 6.54 Å². The van der Waals surface area contributed by atoms with Crippen LogP contribution in [0.2, 0.25) is 0 Å². The zero-order valence-electron chi connectivity index (χ0n) is 16.8. The fraction of sp³-hybridized carbons (Fsp3) is 0.429. The van der Waals surface area contributed by atoms with Gasteiger partial charge in [0, 0.05) is 5.56 Å². The summed E-state index contributed by atoms with van der Waals surface area (Å²) in [5.74, 6) is 1.53. The van der Waals surface area contributed by atoms with Crippen molar-refractivity contribution in [1.82, 2.24) is 4.31 Å². The van der Waals surface area contributed by atoms with Gasteiger partial charge in [0.15, 0.2) is 11.5 Å². The Hall–Kier alpha value is -2.09. The van der Waals surface area contributed by atoms with Gasteiger partial charge in [0.2, 0.25) is 10.0 Å². The van der Waals surface area contributed by atoms with Gasteiger partial charge in [-0.05, 0) is 30.2 Å². The average molecular weight is 406 g/mol. The molecule has 1 fully saturated rings. The fourth-order valence-electron chi connectivity index (χ4n) is 3.62. The van der Waals surface area contributed by atoms with Crippen molar-refractivity contribution in [1.29, 1.82) is 0 Å². The standard InChI is InChI=1S/C21H28N2O4S/c1-17-13-20(26-2)21(27-3)14-19(17)15-22-9-11-23(12-10-22)28(24,25)16-18-7-5-4-6-8-18/h4-8,13-14H,9-12,15-16H2,1-3H3/p+1. The van der Waals surface area contributed by atoms with Gasteiger partial charge in [0.05, 0.1) is 46.2 Å². The maximum Gasteiger partial charge on any atom is 0.218 e. The van der Waals surface area contributed by atoms with E-state index >= 15 is 0 Å². The maximum atomic E-state index is 12.7. The van der Waals surface area contributed by atoms with Crippen molar-refractivity contribution in [2.24, 2.45) is 0 Å². The number of benzene rings is 2. The Bertz CT molecular complexity index is 892. The number of sulfonamides is 1. The molecule has 0 bridgehead atoms. The van der Waals surface area contributed by atoms with Crippen molar-refractivity contribution in [2.45, 2.75) is 19.2 Å². The van der Waals surface area contributed by atoms with Crippen molar-refractivity contribution >= 4 is 10.0 Å². The van der Waals surface area contributed by atoms with E-state index in [-0.39, 0.29) is 5.75 Å². The van der Waals surface area contributed by atoms with Crippen molar-refractivity contribution < 1.29 is 22.8 Å². The van der Waals surface area contributed by atoms with Gasteiger partial charge in [0.25, 0.3) is 0 Å². The summed E-state index contributed by atoms with van der Waals surface area (Å²) in [5.41, 5.74) is 3.19. The van der Waals surface area contributed by atoms with E-state index in [9.17, 15) is 8.42 Å². The minimum Gasteiger partial charge on any atom is -0.493 e. The Morgan fingerprint density at radius 2 is 1.61 bits per heavy atom. The molecule has 1 aliphatic rings. The van der Waals surface area contributed by atoms with Crippen LogP contribution in [0.4, 0.5) is 0 Å². The van der Waals surface area contributed by atoms with Crippen LogP contribution in [0, 0.1) is 6.92 Å². The molecule has 6 nitrogen and oxygen atoms in total. The summed E-state index contributed by atoms with van der Waals surface area (Å²) in [5, 5.41) is 0. The molecule has 1 heterocycles. The van der Waals surface area contributed by atoms with E-state index in [1.807, 2.05) is 42.5 Å².